The van der Waals surface area contributed by atoms with E-state index in [9.17, 15) is 8.42 Å². The van der Waals surface area contributed by atoms with Crippen molar-refractivity contribution in [3.8, 4) is 0 Å². The summed E-state index contributed by atoms with van der Waals surface area (Å²) in [5, 5.41) is 0.745. The fourth-order valence-electron chi connectivity index (χ4n) is 2.81. The highest BCUT2D eigenvalue weighted by molar-refractivity contribution is 7.91. The number of rotatable bonds is 6. The van der Waals surface area contributed by atoms with Crippen LogP contribution in [-0.2, 0) is 9.84 Å². The van der Waals surface area contributed by atoms with Gasteiger partial charge in [-0.3, -0.25) is 0 Å². The fourth-order valence-corrected chi connectivity index (χ4v) is 5.61. The Balaban J connectivity index is 2.26. The summed E-state index contributed by atoms with van der Waals surface area (Å²) >= 11 is 1.22. The summed E-state index contributed by atoms with van der Waals surface area (Å²) in [6.07, 6.45) is 4.08. The highest BCUT2D eigenvalue weighted by atomic mass is 32.2. The minimum Gasteiger partial charge on any atom is -0.382 e. The smallest absolute Gasteiger partial charge is 0.185 e. The molecule has 2 rings (SSSR count). The van der Waals surface area contributed by atoms with Crippen LogP contribution in [0.1, 0.15) is 39.5 Å². The van der Waals surface area contributed by atoms with Gasteiger partial charge in [0.25, 0.3) is 0 Å². The molecule has 1 aromatic heterocycles. The van der Waals surface area contributed by atoms with Crippen molar-refractivity contribution in [2.45, 2.75) is 44.4 Å². The Morgan fingerprint density at radius 2 is 2.15 bits per heavy atom. The predicted octanol–water partition coefficient (Wildman–Crippen LogP) is 2.54. The van der Waals surface area contributed by atoms with Crippen molar-refractivity contribution < 1.29 is 8.42 Å². The van der Waals surface area contributed by atoms with E-state index in [0.29, 0.717) is 12.3 Å². The van der Waals surface area contributed by atoms with Gasteiger partial charge in [-0.2, -0.15) is 4.37 Å². The topological polar surface area (TPSA) is 76.3 Å². The van der Waals surface area contributed by atoms with E-state index in [4.69, 9.17) is 5.73 Å². The molecule has 0 aromatic carbocycles. The molecule has 0 spiro atoms. The van der Waals surface area contributed by atoms with Crippen molar-refractivity contribution in [2.75, 3.05) is 29.5 Å². The van der Waals surface area contributed by atoms with Gasteiger partial charge in [0.15, 0.2) is 15.7 Å². The quantitative estimate of drug-likeness (QED) is 0.872. The van der Waals surface area contributed by atoms with Gasteiger partial charge in [-0.05, 0) is 36.7 Å². The molecule has 0 radical (unpaired) electrons. The van der Waals surface area contributed by atoms with Crippen LogP contribution in [0.2, 0.25) is 0 Å². The molecule has 1 saturated heterocycles. The summed E-state index contributed by atoms with van der Waals surface area (Å²) in [5.41, 5.74) is 5.81. The molecule has 0 saturated carbocycles. The van der Waals surface area contributed by atoms with E-state index < -0.39 is 9.84 Å². The minimum atomic E-state index is -3.31. The maximum absolute atomic E-state index is 12.4. The molecular formula is C13H23N3O2S2. The Morgan fingerprint density at radius 1 is 1.40 bits per heavy atom. The second kappa shape index (κ2) is 6.30. The zero-order chi connectivity index (χ0) is 14.8. The third-order valence-corrected chi connectivity index (χ3v) is 6.73. The van der Waals surface area contributed by atoms with Gasteiger partial charge in [-0.15, -0.1) is 0 Å². The molecule has 1 atom stereocenters. The van der Waals surface area contributed by atoms with Crippen LogP contribution >= 0.6 is 11.5 Å². The summed E-state index contributed by atoms with van der Waals surface area (Å²) in [5.74, 6) is 0.955. The van der Waals surface area contributed by atoms with Gasteiger partial charge in [0.2, 0.25) is 0 Å². The van der Waals surface area contributed by atoms with E-state index in [2.05, 4.69) is 16.2 Å². The van der Waals surface area contributed by atoms with Crippen LogP contribution in [0.5, 0.6) is 0 Å². The zero-order valence-electron chi connectivity index (χ0n) is 12.1. The summed E-state index contributed by atoms with van der Waals surface area (Å²) in [6, 6.07) is 0. The number of hydrogen-bond acceptors (Lipinski definition) is 6. The van der Waals surface area contributed by atoms with E-state index in [-0.39, 0.29) is 16.5 Å². The third-order valence-electron chi connectivity index (χ3n) is 3.71. The van der Waals surface area contributed by atoms with Gasteiger partial charge in [-0.1, -0.05) is 20.3 Å². The second-order valence-corrected chi connectivity index (χ2v) is 8.21. The summed E-state index contributed by atoms with van der Waals surface area (Å²) in [6.45, 7) is 5.87. The number of nitrogens with two attached hydrogens (primary N) is 1. The molecule has 0 bridgehead atoms. The average Bonchev–Trinajstić information content (AvgIpc) is 2.96. The number of hydrogen-bond donors (Lipinski definition) is 1. The van der Waals surface area contributed by atoms with Crippen molar-refractivity contribution >= 4 is 32.2 Å². The van der Waals surface area contributed by atoms with Crippen molar-refractivity contribution in [2.24, 2.45) is 5.92 Å². The lowest BCUT2D eigenvalue weighted by molar-refractivity contribution is 0.530. The number of nitrogens with zero attached hydrogens (tertiary/aromatic N) is 2. The van der Waals surface area contributed by atoms with Crippen LogP contribution < -0.4 is 10.6 Å². The Bertz CT molecular complexity index is 554. The molecule has 114 valence electrons. The van der Waals surface area contributed by atoms with E-state index >= 15 is 0 Å². The molecule has 1 aromatic rings. The van der Waals surface area contributed by atoms with Crippen LogP contribution in [0.25, 0.3) is 0 Å². The van der Waals surface area contributed by atoms with Crippen molar-refractivity contribution in [3.05, 3.63) is 0 Å². The number of anilines is 2. The van der Waals surface area contributed by atoms with E-state index in [1.165, 1.54) is 24.4 Å². The molecule has 2 N–H and O–H groups in total. The monoisotopic (exact) mass is 317 g/mol. The van der Waals surface area contributed by atoms with Crippen LogP contribution in [0, 0.1) is 5.92 Å². The highest BCUT2D eigenvalue weighted by Gasteiger charge is 2.31. The lowest BCUT2D eigenvalue weighted by Gasteiger charge is -2.18. The SMILES string of the molecule is CCCC1CCN(c2snc(N)c2S(=O)(=O)CCC)C1. The molecule has 20 heavy (non-hydrogen) atoms. The Hall–Kier alpha value is -0.820. The van der Waals surface area contributed by atoms with E-state index in [0.717, 1.165) is 24.5 Å². The van der Waals surface area contributed by atoms with Gasteiger partial charge in [-0.25, -0.2) is 8.42 Å². The fraction of sp³-hybridized carbons (Fsp3) is 0.769. The normalized spacial score (nSPS) is 19.7. The second-order valence-electron chi connectivity index (χ2n) is 5.41. The largest absolute Gasteiger partial charge is 0.382 e. The number of aromatic nitrogens is 1. The number of nitrogen functional groups attached to an aromatic ring is 1. The van der Waals surface area contributed by atoms with Crippen LogP contribution in [0.3, 0.4) is 0 Å². The van der Waals surface area contributed by atoms with E-state index in [1.807, 2.05) is 6.92 Å². The van der Waals surface area contributed by atoms with Crippen LogP contribution in [0.4, 0.5) is 10.8 Å². The summed E-state index contributed by atoms with van der Waals surface area (Å²) in [4.78, 5) is 2.41. The molecule has 1 aliphatic heterocycles. The first-order valence-electron chi connectivity index (χ1n) is 7.22. The summed E-state index contributed by atoms with van der Waals surface area (Å²) in [7, 11) is -3.31. The standard InChI is InChI=1S/C13H23N3O2S2/c1-3-5-10-6-7-16(9-10)13-11(12(14)15-19-13)20(17,18)8-4-2/h10H,3-9H2,1-2H3,(H2,14,15). The van der Waals surface area contributed by atoms with Gasteiger partial charge >= 0.3 is 0 Å². The van der Waals surface area contributed by atoms with Crippen molar-refractivity contribution in [1.82, 2.24) is 4.37 Å². The number of sulfone groups is 1. The van der Waals surface area contributed by atoms with Gasteiger partial charge in [0.1, 0.15) is 9.90 Å². The van der Waals surface area contributed by atoms with Crippen molar-refractivity contribution in [1.29, 1.82) is 0 Å². The molecule has 5 nitrogen and oxygen atoms in total. The lowest BCUT2D eigenvalue weighted by atomic mass is 10.0. The maximum Gasteiger partial charge on any atom is 0.185 e. The zero-order valence-corrected chi connectivity index (χ0v) is 13.8. The van der Waals surface area contributed by atoms with Gasteiger partial charge in [0.05, 0.1) is 5.75 Å². The lowest BCUT2D eigenvalue weighted by Crippen LogP contribution is -2.21. The van der Waals surface area contributed by atoms with E-state index in [1.54, 1.807) is 0 Å². The Kier molecular flexibility index (Phi) is 4.90. The molecule has 1 aliphatic rings. The molecule has 2 heterocycles. The van der Waals surface area contributed by atoms with Gasteiger partial charge < -0.3 is 10.6 Å². The molecular weight excluding hydrogens is 294 g/mol. The summed E-state index contributed by atoms with van der Waals surface area (Å²) < 4.78 is 28.8. The van der Waals surface area contributed by atoms with Crippen LogP contribution in [-0.4, -0.2) is 31.6 Å². The first kappa shape index (κ1) is 15.6. The maximum atomic E-state index is 12.4. The highest BCUT2D eigenvalue weighted by Crippen LogP contribution is 2.38. The Labute approximate surface area is 125 Å². The Morgan fingerprint density at radius 3 is 2.80 bits per heavy atom. The first-order chi connectivity index (χ1) is 9.49. The van der Waals surface area contributed by atoms with Crippen molar-refractivity contribution in [3.63, 3.8) is 0 Å². The minimum absolute atomic E-state index is 0.134. The molecule has 0 aliphatic carbocycles. The molecule has 1 unspecified atom stereocenters. The first-order valence-corrected chi connectivity index (χ1v) is 9.65. The predicted molar refractivity (Wildman–Crippen MR) is 84.1 cm³/mol. The molecule has 7 heteroatoms. The third kappa shape index (κ3) is 3.09. The van der Waals surface area contributed by atoms with Gasteiger partial charge in [0, 0.05) is 13.1 Å². The molecule has 1 fully saturated rings. The average molecular weight is 317 g/mol. The van der Waals surface area contributed by atoms with Crippen LogP contribution in [0.15, 0.2) is 4.90 Å². The molecule has 0 amide bonds.